The van der Waals surface area contributed by atoms with E-state index in [1.54, 1.807) is 6.08 Å². The molecule has 0 aliphatic carbocycles. The van der Waals surface area contributed by atoms with E-state index < -0.39 is 5.60 Å². The Hall–Kier alpha value is -1.32. The summed E-state index contributed by atoms with van der Waals surface area (Å²) in [5.41, 5.74) is 7.07. The molecule has 0 aliphatic heterocycles. The molecular formula is C14H20ClNO2. The minimum atomic E-state index is -0.454. The summed E-state index contributed by atoms with van der Waals surface area (Å²) in [6.45, 7) is 6.05. The number of esters is 1. The minimum absolute atomic E-state index is 0. The van der Waals surface area contributed by atoms with Gasteiger partial charge in [-0.15, -0.1) is 12.4 Å². The van der Waals surface area contributed by atoms with Crippen molar-refractivity contribution in [2.24, 2.45) is 5.73 Å². The van der Waals surface area contributed by atoms with E-state index >= 15 is 0 Å². The largest absolute Gasteiger partial charge is 0.457 e. The summed E-state index contributed by atoms with van der Waals surface area (Å²) in [5.74, 6) is -0.333. The summed E-state index contributed by atoms with van der Waals surface area (Å²) in [6, 6.07) is 7.72. The van der Waals surface area contributed by atoms with Crippen molar-refractivity contribution in [3.05, 3.63) is 41.5 Å². The molecule has 0 bridgehead atoms. The predicted molar refractivity (Wildman–Crippen MR) is 76.5 cm³/mol. The molecule has 2 N–H and O–H groups in total. The Morgan fingerprint density at radius 3 is 2.28 bits per heavy atom. The minimum Gasteiger partial charge on any atom is -0.457 e. The molecule has 0 heterocycles. The van der Waals surface area contributed by atoms with E-state index in [-0.39, 0.29) is 18.4 Å². The molecule has 0 saturated heterocycles. The second kappa shape index (κ2) is 7.19. The number of hydrogen-bond acceptors (Lipinski definition) is 3. The molecular weight excluding hydrogens is 250 g/mol. The average molecular weight is 270 g/mol. The summed E-state index contributed by atoms with van der Waals surface area (Å²) >= 11 is 0. The van der Waals surface area contributed by atoms with Crippen LogP contribution in [-0.4, -0.2) is 11.6 Å². The van der Waals surface area contributed by atoms with Gasteiger partial charge in [0, 0.05) is 12.6 Å². The Bertz CT molecular complexity index is 405. The number of carbonyl (C=O) groups is 1. The van der Waals surface area contributed by atoms with Gasteiger partial charge >= 0.3 is 5.97 Å². The number of nitrogens with two attached hydrogens (primary N) is 1. The Balaban J connectivity index is 0.00000289. The molecule has 0 aliphatic rings. The second-order valence-electron chi connectivity index (χ2n) is 4.81. The maximum atomic E-state index is 11.4. The van der Waals surface area contributed by atoms with Crippen LogP contribution in [0, 0.1) is 0 Å². The van der Waals surface area contributed by atoms with Gasteiger partial charge in [-0.3, -0.25) is 0 Å². The Labute approximate surface area is 114 Å². The van der Waals surface area contributed by atoms with E-state index in [0.29, 0.717) is 6.54 Å². The molecule has 0 amide bonds. The van der Waals surface area contributed by atoms with Crippen LogP contribution in [0.2, 0.25) is 0 Å². The highest BCUT2D eigenvalue weighted by molar-refractivity contribution is 5.87. The Morgan fingerprint density at radius 2 is 1.83 bits per heavy atom. The van der Waals surface area contributed by atoms with Crippen molar-refractivity contribution in [1.82, 2.24) is 0 Å². The molecule has 0 unspecified atom stereocenters. The van der Waals surface area contributed by atoms with Gasteiger partial charge < -0.3 is 10.5 Å². The maximum Gasteiger partial charge on any atom is 0.331 e. The summed E-state index contributed by atoms with van der Waals surface area (Å²) in [6.07, 6.45) is 3.16. The van der Waals surface area contributed by atoms with Gasteiger partial charge in [0.2, 0.25) is 0 Å². The van der Waals surface area contributed by atoms with Crippen LogP contribution in [0.1, 0.15) is 31.9 Å². The summed E-state index contributed by atoms with van der Waals surface area (Å²) in [7, 11) is 0. The number of rotatable bonds is 3. The molecule has 0 saturated carbocycles. The van der Waals surface area contributed by atoms with Crippen LogP contribution >= 0.6 is 12.4 Å². The van der Waals surface area contributed by atoms with Crippen LogP contribution < -0.4 is 5.73 Å². The van der Waals surface area contributed by atoms with Gasteiger partial charge in [-0.05, 0) is 38.0 Å². The Kier molecular flexibility index (Phi) is 6.66. The lowest BCUT2D eigenvalue weighted by Crippen LogP contribution is -2.22. The van der Waals surface area contributed by atoms with E-state index in [9.17, 15) is 4.79 Å². The zero-order valence-corrected chi connectivity index (χ0v) is 11.8. The highest BCUT2D eigenvalue weighted by Gasteiger charge is 2.13. The van der Waals surface area contributed by atoms with Crippen LogP contribution in [0.4, 0.5) is 0 Å². The molecule has 4 heteroatoms. The van der Waals surface area contributed by atoms with Gasteiger partial charge in [-0.2, -0.15) is 0 Å². The summed E-state index contributed by atoms with van der Waals surface area (Å²) < 4.78 is 5.16. The lowest BCUT2D eigenvalue weighted by Gasteiger charge is -2.17. The predicted octanol–water partition coefficient (Wildman–Crippen LogP) is 2.92. The zero-order chi connectivity index (χ0) is 12.9. The highest BCUT2D eigenvalue weighted by Crippen LogP contribution is 2.09. The van der Waals surface area contributed by atoms with Crippen molar-refractivity contribution in [3.63, 3.8) is 0 Å². The number of halogens is 1. The Morgan fingerprint density at radius 1 is 1.28 bits per heavy atom. The normalized spacial score (nSPS) is 11.1. The molecule has 0 atom stereocenters. The molecule has 18 heavy (non-hydrogen) atoms. The first-order chi connectivity index (χ1) is 7.90. The second-order valence-corrected chi connectivity index (χ2v) is 4.81. The molecule has 0 fully saturated rings. The van der Waals surface area contributed by atoms with Crippen molar-refractivity contribution in [1.29, 1.82) is 0 Å². The first-order valence-corrected chi connectivity index (χ1v) is 5.61. The van der Waals surface area contributed by atoms with E-state index in [1.165, 1.54) is 6.08 Å². The topological polar surface area (TPSA) is 52.3 Å². The third-order valence-electron chi connectivity index (χ3n) is 2.03. The molecule has 1 aromatic carbocycles. The van der Waals surface area contributed by atoms with E-state index in [0.717, 1.165) is 11.1 Å². The smallest absolute Gasteiger partial charge is 0.331 e. The van der Waals surface area contributed by atoms with E-state index in [2.05, 4.69) is 0 Å². The summed E-state index contributed by atoms with van der Waals surface area (Å²) in [4.78, 5) is 11.4. The first kappa shape index (κ1) is 16.7. The van der Waals surface area contributed by atoms with Gasteiger partial charge in [0.1, 0.15) is 5.60 Å². The molecule has 0 aromatic heterocycles. The van der Waals surface area contributed by atoms with Gasteiger partial charge in [0.25, 0.3) is 0 Å². The van der Waals surface area contributed by atoms with Crippen molar-refractivity contribution in [2.45, 2.75) is 32.9 Å². The molecule has 1 aromatic rings. The molecule has 0 spiro atoms. The highest BCUT2D eigenvalue weighted by atomic mass is 35.5. The van der Waals surface area contributed by atoms with Crippen LogP contribution in [0.3, 0.4) is 0 Å². The van der Waals surface area contributed by atoms with Crippen molar-refractivity contribution in [2.75, 3.05) is 0 Å². The fraction of sp³-hybridized carbons (Fsp3) is 0.357. The number of ether oxygens (including phenoxy) is 1. The summed E-state index contributed by atoms with van der Waals surface area (Å²) in [5, 5.41) is 0. The molecule has 100 valence electrons. The number of benzene rings is 1. The van der Waals surface area contributed by atoms with Crippen LogP contribution in [0.15, 0.2) is 30.3 Å². The molecule has 3 nitrogen and oxygen atoms in total. The van der Waals surface area contributed by atoms with Gasteiger partial charge in [-0.1, -0.05) is 24.3 Å². The monoisotopic (exact) mass is 269 g/mol. The lowest BCUT2D eigenvalue weighted by molar-refractivity contribution is -0.148. The fourth-order valence-corrected chi connectivity index (χ4v) is 1.26. The SMILES string of the molecule is CC(C)(C)OC(=O)/C=C/c1ccc(CN)cc1.Cl. The van der Waals surface area contributed by atoms with Crippen LogP contribution in [-0.2, 0) is 16.1 Å². The average Bonchev–Trinajstić information content (AvgIpc) is 2.25. The van der Waals surface area contributed by atoms with E-state index in [1.807, 2.05) is 45.0 Å². The van der Waals surface area contributed by atoms with Crippen molar-refractivity contribution in [3.8, 4) is 0 Å². The first-order valence-electron chi connectivity index (χ1n) is 5.61. The third-order valence-corrected chi connectivity index (χ3v) is 2.03. The quantitative estimate of drug-likeness (QED) is 0.678. The van der Waals surface area contributed by atoms with Crippen molar-refractivity contribution < 1.29 is 9.53 Å². The third kappa shape index (κ3) is 6.42. The lowest BCUT2D eigenvalue weighted by atomic mass is 10.1. The van der Waals surface area contributed by atoms with Crippen LogP contribution in [0.25, 0.3) is 6.08 Å². The van der Waals surface area contributed by atoms with Crippen LogP contribution in [0.5, 0.6) is 0 Å². The van der Waals surface area contributed by atoms with Gasteiger partial charge in [0.15, 0.2) is 0 Å². The fourth-order valence-electron chi connectivity index (χ4n) is 1.26. The van der Waals surface area contributed by atoms with Gasteiger partial charge in [-0.25, -0.2) is 4.79 Å². The number of carbonyl (C=O) groups excluding carboxylic acids is 1. The van der Waals surface area contributed by atoms with E-state index in [4.69, 9.17) is 10.5 Å². The molecule has 1 rings (SSSR count). The maximum absolute atomic E-state index is 11.4. The zero-order valence-electron chi connectivity index (χ0n) is 11.0. The van der Waals surface area contributed by atoms with Gasteiger partial charge in [0.05, 0.1) is 0 Å². The molecule has 0 radical (unpaired) electrons. The van der Waals surface area contributed by atoms with Crippen molar-refractivity contribution >= 4 is 24.5 Å². The standard InChI is InChI=1S/C14H19NO2.ClH/c1-14(2,3)17-13(16)9-8-11-4-6-12(10-15)7-5-11;/h4-9H,10,15H2,1-3H3;1H/b9-8+;. The number of hydrogen-bond donors (Lipinski definition) is 1.